The van der Waals surface area contributed by atoms with E-state index in [1.165, 1.54) is 24.3 Å². The van der Waals surface area contributed by atoms with Crippen LogP contribution in [0.4, 0.5) is 10.7 Å². The van der Waals surface area contributed by atoms with Gasteiger partial charge in [-0.3, -0.25) is 5.32 Å². The van der Waals surface area contributed by atoms with E-state index in [1.54, 1.807) is 41.5 Å². The van der Waals surface area contributed by atoms with E-state index in [0.717, 1.165) is 5.69 Å². The van der Waals surface area contributed by atoms with Crippen molar-refractivity contribution in [3.63, 3.8) is 0 Å². The van der Waals surface area contributed by atoms with Crippen molar-refractivity contribution in [1.29, 1.82) is 0 Å². The molecule has 2 amide bonds. The summed E-state index contributed by atoms with van der Waals surface area (Å²) < 4.78 is 32.4. The fourth-order valence-corrected chi connectivity index (χ4v) is 3.87. The Kier molecular flexibility index (Phi) is 5.35. The highest BCUT2D eigenvalue weighted by Gasteiger charge is 2.18. The van der Waals surface area contributed by atoms with Gasteiger partial charge in [0.15, 0.2) is 0 Å². The van der Waals surface area contributed by atoms with Gasteiger partial charge in [-0.25, -0.2) is 14.8 Å². The molecular weight excluding hydrogens is 432 g/mol. The summed E-state index contributed by atoms with van der Waals surface area (Å²) >= 11 is 0. The van der Waals surface area contributed by atoms with Crippen LogP contribution >= 0.6 is 0 Å². The van der Waals surface area contributed by atoms with E-state index < -0.39 is 21.7 Å². The Morgan fingerprint density at radius 2 is 1.88 bits per heavy atom. The maximum atomic E-state index is 12.7. The van der Waals surface area contributed by atoms with Crippen molar-refractivity contribution in [2.75, 3.05) is 5.32 Å². The number of aromatic amines is 1. The molecule has 0 fully saturated rings. The van der Waals surface area contributed by atoms with E-state index in [2.05, 4.69) is 25.6 Å². The van der Waals surface area contributed by atoms with Crippen molar-refractivity contribution >= 4 is 33.1 Å². The Bertz CT molecular complexity index is 1350. The molecule has 2 heterocycles. The van der Waals surface area contributed by atoms with Crippen LogP contribution in [-0.2, 0) is 10.1 Å². The average Bonchev–Trinajstić information content (AvgIpc) is 3.35. The Labute approximate surface area is 184 Å². The summed E-state index contributed by atoms with van der Waals surface area (Å²) in [5.74, 6) is 0.338. The van der Waals surface area contributed by atoms with Crippen LogP contribution in [0.3, 0.4) is 0 Å². The smallest absolute Gasteiger partial charge is 0.339 e. The number of amides is 2. The number of imidazole rings is 2. The topological polar surface area (TPSA) is 131 Å². The third kappa shape index (κ3) is 4.89. The highest BCUT2D eigenvalue weighted by molar-refractivity contribution is 7.87. The second-order valence-corrected chi connectivity index (χ2v) is 9.64. The fourth-order valence-electron chi connectivity index (χ4n) is 2.95. The van der Waals surface area contributed by atoms with Crippen LogP contribution in [0.2, 0.25) is 0 Å². The van der Waals surface area contributed by atoms with Crippen molar-refractivity contribution < 1.29 is 17.4 Å². The van der Waals surface area contributed by atoms with E-state index in [1.807, 2.05) is 20.8 Å². The number of anilines is 1. The van der Waals surface area contributed by atoms with Crippen LogP contribution in [0.15, 0.2) is 66.1 Å². The lowest BCUT2D eigenvalue weighted by Gasteiger charge is -2.20. The molecule has 0 bridgehead atoms. The minimum Gasteiger partial charge on any atom is -0.379 e. The zero-order valence-electron chi connectivity index (χ0n) is 17.7. The maximum Gasteiger partial charge on any atom is 0.339 e. The molecule has 0 saturated carbocycles. The molecule has 0 atom stereocenters. The van der Waals surface area contributed by atoms with Gasteiger partial charge in [0, 0.05) is 29.7 Å². The lowest BCUT2D eigenvalue weighted by molar-refractivity contribution is 0.243. The molecule has 0 aliphatic carbocycles. The molecule has 0 spiro atoms. The van der Waals surface area contributed by atoms with Crippen molar-refractivity contribution in [3.8, 4) is 11.4 Å². The number of fused-ring (bicyclic) bond motifs is 1. The monoisotopic (exact) mass is 454 g/mol. The number of hydrogen-bond donors (Lipinski definition) is 3. The lowest BCUT2D eigenvalue weighted by Crippen LogP contribution is -2.43. The average molecular weight is 455 g/mol. The van der Waals surface area contributed by atoms with Crippen molar-refractivity contribution in [1.82, 2.24) is 24.8 Å². The van der Waals surface area contributed by atoms with Crippen LogP contribution in [0.25, 0.3) is 16.7 Å². The molecule has 0 saturated heterocycles. The van der Waals surface area contributed by atoms with Crippen molar-refractivity contribution in [3.05, 3.63) is 61.2 Å². The summed E-state index contributed by atoms with van der Waals surface area (Å²) in [6, 6.07) is 10.5. The lowest BCUT2D eigenvalue weighted by atomic mass is 10.1. The van der Waals surface area contributed by atoms with Crippen LogP contribution in [0.5, 0.6) is 5.75 Å². The van der Waals surface area contributed by atoms with E-state index >= 15 is 0 Å². The zero-order valence-corrected chi connectivity index (χ0v) is 18.5. The number of rotatable bonds is 5. The Morgan fingerprint density at radius 3 is 2.53 bits per heavy atom. The van der Waals surface area contributed by atoms with Gasteiger partial charge in [0.25, 0.3) is 0 Å². The molecule has 0 unspecified atom stereocenters. The molecular formula is C21H22N6O4S. The number of urea groups is 1. The van der Waals surface area contributed by atoms with E-state index in [9.17, 15) is 13.2 Å². The molecule has 166 valence electrons. The highest BCUT2D eigenvalue weighted by Crippen LogP contribution is 2.24. The number of nitrogens with zero attached hydrogens (tertiary/aromatic N) is 3. The summed E-state index contributed by atoms with van der Waals surface area (Å²) in [7, 11) is -4.04. The number of carbonyl (C=O) groups excluding carboxylic acids is 1. The van der Waals surface area contributed by atoms with Crippen LogP contribution < -0.4 is 14.8 Å². The first-order chi connectivity index (χ1) is 15.1. The molecule has 3 N–H and O–H groups in total. The molecule has 0 aliphatic heterocycles. The minimum atomic E-state index is -4.04. The number of benzene rings is 2. The number of H-pyrrole nitrogens is 1. The Balaban J connectivity index is 1.50. The van der Waals surface area contributed by atoms with Gasteiger partial charge in [0.2, 0.25) is 5.95 Å². The normalized spacial score (nSPS) is 12.0. The van der Waals surface area contributed by atoms with Crippen LogP contribution in [0.1, 0.15) is 20.8 Å². The highest BCUT2D eigenvalue weighted by atomic mass is 32.2. The van der Waals surface area contributed by atoms with Crippen LogP contribution in [-0.4, -0.2) is 39.5 Å². The number of hydrogen-bond acceptors (Lipinski definition) is 6. The summed E-state index contributed by atoms with van der Waals surface area (Å²) in [6.07, 6.45) is 5.01. The molecule has 4 aromatic rings. The molecule has 0 aliphatic rings. The van der Waals surface area contributed by atoms with E-state index in [4.69, 9.17) is 4.18 Å². The van der Waals surface area contributed by atoms with E-state index in [-0.39, 0.29) is 16.6 Å². The molecule has 10 nitrogen and oxygen atoms in total. The molecule has 0 radical (unpaired) electrons. The predicted octanol–water partition coefficient (Wildman–Crippen LogP) is 3.44. The zero-order chi connectivity index (χ0) is 22.9. The predicted molar refractivity (Wildman–Crippen MR) is 119 cm³/mol. The van der Waals surface area contributed by atoms with Gasteiger partial charge >= 0.3 is 16.1 Å². The quantitative estimate of drug-likeness (QED) is 0.396. The molecule has 2 aromatic carbocycles. The Morgan fingerprint density at radius 1 is 1.12 bits per heavy atom. The first-order valence-corrected chi connectivity index (χ1v) is 11.1. The number of nitrogens with one attached hydrogen (secondary N) is 3. The largest absolute Gasteiger partial charge is 0.379 e. The summed E-state index contributed by atoms with van der Waals surface area (Å²) in [5.41, 5.74) is 1.43. The minimum absolute atomic E-state index is 0.0182. The fraction of sp³-hybridized carbons (Fsp3) is 0.190. The number of aromatic nitrogens is 4. The first-order valence-electron chi connectivity index (χ1n) is 9.71. The maximum absolute atomic E-state index is 12.7. The van der Waals surface area contributed by atoms with Gasteiger partial charge in [-0.2, -0.15) is 8.42 Å². The SMILES string of the molecule is CC(C)(C)NC(=O)Nc1nc2cc(OS(=O)(=O)c3ccc(-n4ccnc4)cc3)ccc2[nH]1. The standard InChI is InChI=1S/C21H22N6O4S/c1-21(2,3)26-20(28)25-19-23-17-9-6-15(12-18(17)24-19)31-32(29,30)16-7-4-14(5-8-16)27-11-10-22-13-27/h4-13H,1-3H3,(H3,23,24,25,26,28). The van der Waals surface area contributed by atoms with Gasteiger partial charge in [0.05, 0.1) is 17.4 Å². The molecule has 4 rings (SSSR count). The second kappa shape index (κ2) is 8.00. The van der Waals surface area contributed by atoms with E-state index in [0.29, 0.717) is 11.0 Å². The summed E-state index contributed by atoms with van der Waals surface area (Å²) in [6.45, 7) is 5.58. The van der Waals surface area contributed by atoms with Gasteiger partial charge in [-0.15, -0.1) is 0 Å². The van der Waals surface area contributed by atoms with Gasteiger partial charge in [0.1, 0.15) is 10.6 Å². The second-order valence-electron chi connectivity index (χ2n) is 8.09. The van der Waals surface area contributed by atoms with Gasteiger partial charge in [-0.1, -0.05) is 0 Å². The third-order valence-corrected chi connectivity index (χ3v) is 5.57. The van der Waals surface area contributed by atoms with Gasteiger partial charge in [-0.05, 0) is 57.2 Å². The van der Waals surface area contributed by atoms with Crippen LogP contribution in [0, 0.1) is 0 Å². The molecule has 11 heteroatoms. The first kappa shape index (κ1) is 21.4. The summed E-state index contributed by atoms with van der Waals surface area (Å²) in [5, 5.41) is 5.38. The number of carbonyl (C=O) groups is 1. The third-order valence-electron chi connectivity index (χ3n) is 4.31. The van der Waals surface area contributed by atoms with Gasteiger partial charge < -0.3 is 19.1 Å². The Hall–Kier alpha value is -3.86. The molecule has 32 heavy (non-hydrogen) atoms. The van der Waals surface area contributed by atoms with Crippen molar-refractivity contribution in [2.24, 2.45) is 0 Å². The van der Waals surface area contributed by atoms with Crippen molar-refractivity contribution in [2.45, 2.75) is 31.2 Å². The molecule has 2 aromatic heterocycles. The summed E-state index contributed by atoms with van der Waals surface area (Å²) in [4.78, 5) is 23.2.